The molecule has 0 N–H and O–H groups in total. The molecule has 0 radical (unpaired) electrons. The Morgan fingerprint density at radius 2 is 1.94 bits per heavy atom. The van der Waals surface area contributed by atoms with E-state index in [0.29, 0.717) is 0 Å². The molecule has 2 heterocycles. The normalized spacial score (nSPS) is 11.5. The molecule has 2 aromatic heterocycles. The highest BCUT2D eigenvalue weighted by atomic mass is 79.9. The van der Waals surface area contributed by atoms with Crippen molar-refractivity contribution in [3.05, 3.63) is 41.0 Å². The summed E-state index contributed by atoms with van der Waals surface area (Å²) >= 11 is 3.43. The van der Waals surface area contributed by atoms with Crippen LogP contribution in [0.1, 0.15) is 26.6 Å². The summed E-state index contributed by atoms with van der Waals surface area (Å²) in [5, 5.41) is 0. The summed E-state index contributed by atoms with van der Waals surface area (Å²) in [4.78, 5) is 13.1. The molecule has 88 valence electrons. The number of pyridine rings is 1. The van der Waals surface area contributed by atoms with Gasteiger partial charge in [0.25, 0.3) is 0 Å². The van der Waals surface area contributed by atoms with Gasteiger partial charge < -0.3 is 0 Å². The molecule has 0 aliphatic carbocycles. The van der Waals surface area contributed by atoms with Crippen molar-refractivity contribution in [1.29, 1.82) is 0 Å². The first kappa shape index (κ1) is 12.2. The minimum Gasteiger partial charge on any atom is -0.264 e. The van der Waals surface area contributed by atoms with E-state index in [9.17, 15) is 0 Å². The Bertz CT molecular complexity index is 518. The highest BCUT2D eigenvalue weighted by Crippen LogP contribution is 2.24. The van der Waals surface area contributed by atoms with Crippen LogP contribution in [0, 0.1) is 0 Å². The van der Waals surface area contributed by atoms with Crippen molar-refractivity contribution in [1.82, 2.24) is 15.0 Å². The third-order valence-electron chi connectivity index (χ3n) is 2.32. The zero-order valence-corrected chi connectivity index (χ0v) is 11.7. The molecule has 0 aromatic carbocycles. The van der Waals surface area contributed by atoms with E-state index in [1.165, 1.54) is 0 Å². The Labute approximate surface area is 109 Å². The number of halogens is 1. The third kappa shape index (κ3) is 2.88. The highest BCUT2D eigenvalue weighted by molar-refractivity contribution is 9.10. The molecule has 4 heteroatoms. The van der Waals surface area contributed by atoms with Gasteiger partial charge in [0.05, 0.1) is 5.69 Å². The van der Waals surface area contributed by atoms with Crippen LogP contribution in [0.25, 0.3) is 11.3 Å². The predicted octanol–water partition coefficient (Wildman–Crippen LogP) is 3.60. The van der Waals surface area contributed by atoms with Gasteiger partial charge in [0.2, 0.25) is 0 Å². The first-order valence-corrected chi connectivity index (χ1v) is 6.21. The molecule has 2 rings (SSSR count). The maximum absolute atomic E-state index is 4.59. The second-order valence-electron chi connectivity index (χ2n) is 4.89. The van der Waals surface area contributed by atoms with Crippen LogP contribution in [0.4, 0.5) is 0 Å². The van der Waals surface area contributed by atoms with Crippen molar-refractivity contribution < 1.29 is 0 Å². The molecule has 3 nitrogen and oxygen atoms in total. The largest absolute Gasteiger partial charge is 0.264 e. The van der Waals surface area contributed by atoms with E-state index in [1.54, 1.807) is 12.4 Å². The minimum absolute atomic E-state index is 0.0687. The van der Waals surface area contributed by atoms with Crippen LogP contribution >= 0.6 is 15.9 Å². The smallest absolute Gasteiger partial charge is 0.135 e. The lowest BCUT2D eigenvalue weighted by molar-refractivity contribution is 0.544. The van der Waals surface area contributed by atoms with Crippen molar-refractivity contribution >= 4 is 15.9 Å². The zero-order valence-electron chi connectivity index (χ0n) is 10.1. The quantitative estimate of drug-likeness (QED) is 0.754. The van der Waals surface area contributed by atoms with Crippen molar-refractivity contribution in [2.45, 2.75) is 26.2 Å². The standard InChI is InChI=1S/C13H14BrN3/c1-13(2,3)12-16-10(7-11(14)17-12)9-5-4-6-15-8-9/h4-8H,1-3H3. The average Bonchev–Trinajstić information content (AvgIpc) is 2.28. The highest BCUT2D eigenvalue weighted by Gasteiger charge is 2.19. The second-order valence-corrected chi connectivity index (χ2v) is 5.70. The van der Waals surface area contributed by atoms with Crippen LogP contribution in [-0.4, -0.2) is 15.0 Å². The van der Waals surface area contributed by atoms with Crippen molar-refractivity contribution in [2.75, 3.05) is 0 Å². The van der Waals surface area contributed by atoms with Crippen molar-refractivity contribution in [2.24, 2.45) is 0 Å². The van der Waals surface area contributed by atoms with E-state index in [2.05, 4.69) is 51.7 Å². The summed E-state index contributed by atoms with van der Waals surface area (Å²) in [5.41, 5.74) is 1.83. The van der Waals surface area contributed by atoms with Gasteiger partial charge in [0.15, 0.2) is 0 Å². The molecular weight excluding hydrogens is 278 g/mol. The van der Waals surface area contributed by atoms with Gasteiger partial charge in [-0.2, -0.15) is 0 Å². The fourth-order valence-corrected chi connectivity index (χ4v) is 1.80. The molecule has 0 amide bonds. The predicted molar refractivity (Wildman–Crippen MR) is 71.7 cm³/mol. The van der Waals surface area contributed by atoms with Gasteiger partial charge in [-0.25, -0.2) is 9.97 Å². The SMILES string of the molecule is CC(C)(C)c1nc(Br)cc(-c2cccnc2)n1. The molecule has 0 aliphatic heterocycles. The van der Waals surface area contributed by atoms with Crippen LogP contribution < -0.4 is 0 Å². The summed E-state index contributed by atoms with van der Waals surface area (Å²) < 4.78 is 0.802. The Hall–Kier alpha value is -1.29. The van der Waals surface area contributed by atoms with Gasteiger partial charge in [-0.1, -0.05) is 20.8 Å². The Kier molecular flexibility index (Phi) is 3.24. The summed E-state index contributed by atoms with van der Waals surface area (Å²) in [5.74, 6) is 0.825. The number of aromatic nitrogens is 3. The second kappa shape index (κ2) is 4.53. The van der Waals surface area contributed by atoms with E-state index in [1.807, 2.05) is 18.2 Å². The zero-order chi connectivity index (χ0) is 12.5. The summed E-state index contributed by atoms with van der Waals surface area (Å²) in [6.45, 7) is 6.30. The first-order valence-electron chi connectivity index (χ1n) is 5.42. The molecule has 0 unspecified atom stereocenters. The minimum atomic E-state index is -0.0687. The Balaban J connectivity index is 2.54. The van der Waals surface area contributed by atoms with Crippen LogP contribution in [0.15, 0.2) is 35.2 Å². The Morgan fingerprint density at radius 1 is 1.18 bits per heavy atom. The molecule has 0 saturated carbocycles. The van der Waals surface area contributed by atoms with Crippen LogP contribution in [0.5, 0.6) is 0 Å². The first-order chi connectivity index (χ1) is 7.97. The monoisotopic (exact) mass is 291 g/mol. The molecular formula is C13H14BrN3. The number of hydrogen-bond acceptors (Lipinski definition) is 3. The fourth-order valence-electron chi connectivity index (χ4n) is 1.42. The van der Waals surface area contributed by atoms with Crippen molar-refractivity contribution in [3.8, 4) is 11.3 Å². The van der Waals surface area contributed by atoms with Crippen molar-refractivity contribution in [3.63, 3.8) is 0 Å². The van der Waals surface area contributed by atoms with E-state index in [4.69, 9.17) is 0 Å². The van der Waals surface area contributed by atoms with Crippen LogP contribution in [0.2, 0.25) is 0 Å². The third-order valence-corrected chi connectivity index (χ3v) is 2.73. The van der Waals surface area contributed by atoms with Crippen LogP contribution in [0.3, 0.4) is 0 Å². The van der Waals surface area contributed by atoms with E-state index in [-0.39, 0.29) is 5.41 Å². The summed E-state index contributed by atoms with van der Waals surface area (Å²) in [7, 11) is 0. The van der Waals surface area contributed by atoms with Gasteiger partial charge in [0, 0.05) is 23.4 Å². The summed E-state index contributed by atoms with van der Waals surface area (Å²) in [6.07, 6.45) is 3.56. The molecule has 0 fully saturated rings. The Morgan fingerprint density at radius 3 is 2.53 bits per heavy atom. The molecule has 0 aliphatic rings. The lowest BCUT2D eigenvalue weighted by Gasteiger charge is -2.17. The maximum atomic E-state index is 4.59. The van der Waals surface area contributed by atoms with Gasteiger partial charge in [-0.3, -0.25) is 4.98 Å². The molecule has 0 atom stereocenters. The lowest BCUT2D eigenvalue weighted by Crippen LogP contribution is -2.16. The summed E-state index contributed by atoms with van der Waals surface area (Å²) in [6, 6.07) is 5.81. The topological polar surface area (TPSA) is 38.7 Å². The van der Waals surface area contributed by atoms with Gasteiger partial charge >= 0.3 is 0 Å². The maximum Gasteiger partial charge on any atom is 0.135 e. The van der Waals surface area contributed by atoms with E-state index in [0.717, 1.165) is 21.7 Å². The molecule has 0 spiro atoms. The molecule has 17 heavy (non-hydrogen) atoms. The lowest BCUT2D eigenvalue weighted by atomic mass is 9.95. The van der Waals surface area contributed by atoms with Crippen LogP contribution in [-0.2, 0) is 5.41 Å². The van der Waals surface area contributed by atoms with E-state index >= 15 is 0 Å². The number of nitrogens with zero attached hydrogens (tertiary/aromatic N) is 3. The molecule has 2 aromatic rings. The molecule has 0 bridgehead atoms. The van der Waals surface area contributed by atoms with E-state index < -0.39 is 0 Å². The number of hydrogen-bond donors (Lipinski definition) is 0. The fraction of sp³-hybridized carbons (Fsp3) is 0.308. The number of rotatable bonds is 1. The van der Waals surface area contributed by atoms with Gasteiger partial charge in [0.1, 0.15) is 10.4 Å². The average molecular weight is 292 g/mol. The molecule has 0 saturated heterocycles. The van der Waals surface area contributed by atoms with Gasteiger partial charge in [-0.05, 0) is 34.1 Å². The van der Waals surface area contributed by atoms with Gasteiger partial charge in [-0.15, -0.1) is 0 Å².